The molecule has 148 valence electrons. The molecule has 1 aromatic rings. The Hall–Kier alpha value is -1.72. The van der Waals surface area contributed by atoms with E-state index in [1.807, 2.05) is 0 Å². The van der Waals surface area contributed by atoms with E-state index in [0.717, 1.165) is 4.57 Å². The molecule has 1 fully saturated rings. The van der Waals surface area contributed by atoms with Crippen LogP contribution in [0.2, 0.25) is 0 Å². The van der Waals surface area contributed by atoms with Crippen LogP contribution in [0.3, 0.4) is 0 Å². The van der Waals surface area contributed by atoms with Crippen molar-refractivity contribution in [1.29, 1.82) is 0 Å². The summed E-state index contributed by atoms with van der Waals surface area (Å²) in [5.74, 6) is -0.888. The predicted octanol–water partition coefficient (Wildman–Crippen LogP) is -1.22. The number of nitrogen functional groups attached to an aromatic ring is 1. The molecule has 1 unspecified atom stereocenters. The molecule has 0 aromatic carbocycles. The number of ether oxygens (including phenoxy) is 2. The molecule has 0 amide bonds. The number of carbonyl (C=O) groups is 1. The Morgan fingerprint density at radius 3 is 2.65 bits per heavy atom. The maximum absolute atomic E-state index is 12.2. The van der Waals surface area contributed by atoms with Crippen molar-refractivity contribution in [3.8, 4) is 0 Å². The minimum atomic E-state index is -1.80. The van der Waals surface area contributed by atoms with Gasteiger partial charge in [0.15, 0.2) is 12.3 Å². The Balaban J connectivity index is 0.00000338. The van der Waals surface area contributed by atoms with E-state index in [-0.39, 0.29) is 24.1 Å². The quantitative estimate of drug-likeness (QED) is 0.450. The molecule has 0 bridgehead atoms. The van der Waals surface area contributed by atoms with Gasteiger partial charge in [-0.15, -0.1) is 12.4 Å². The Labute approximate surface area is 156 Å². The third-order valence-electron chi connectivity index (χ3n) is 4.23. The van der Waals surface area contributed by atoms with Crippen LogP contribution in [0.15, 0.2) is 17.1 Å². The van der Waals surface area contributed by atoms with E-state index in [0.29, 0.717) is 0 Å². The van der Waals surface area contributed by atoms with Gasteiger partial charge in [0.25, 0.3) is 0 Å². The van der Waals surface area contributed by atoms with Crippen LogP contribution >= 0.6 is 12.4 Å². The van der Waals surface area contributed by atoms with E-state index >= 15 is 0 Å². The summed E-state index contributed by atoms with van der Waals surface area (Å²) in [6.45, 7) is 4.32. The number of hydrogen-bond acceptors (Lipinski definition) is 9. The Kier molecular flexibility index (Phi) is 7.14. The van der Waals surface area contributed by atoms with Gasteiger partial charge in [-0.2, -0.15) is 4.98 Å². The molecule has 2 rings (SSSR count). The Bertz CT molecular complexity index is 695. The van der Waals surface area contributed by atoms with Crippen LogP contribution in [0.1, 0.15) is 27.0 Å². The van der Waals surface area contributed by atoms with E-state index in [9.17, 15) is 19.8 Å². The zero-order valence-corrected chi connectivity index (χ0v) is 15.5. The van der Waals surface area contributed by atoms with Crippen LogP contribution in [0.25, 0.3) is 0 Å². The number of nitrogens with zero attached hydrogens (tertiary/aromatic N) is 2. The highest BCUT2D eigenvalue weighted by molar-refractivity contribution is 5.85. The highest BCUT2D eigenvalue weighted by atomic mass is 35.5. The second-order valence-electron chi connectivity index (χ2n) is 6.60. The lowest BCUT2D eigenvalue weighted by Crippen LogP contribution is -2.51. The largest absolute Gasteiger partial charge is 0.455 e. The van der Waals surface area contributed by atoms with Crippen molar-refractivity contribution in [2.45, 2.75) is 50.8 Å². The highest BCUT2D eigenvalue weighted by Crippen LogP contribution is 2.39. The summed E-state index contributed by atoms with van der Waals surface area (Å²) < 4.78 is 11.9. The maximum atomic E-state index is 12.2. The summed E-state index contributed by atoms with van der Waals surface area (Å²) in [5.41, 5.74) is 8.67. The maximum Gasteiger partial charge on any atom is 0.351 e. The minimum Gasteiger partial charge on any atom is -0.455 e. The third kappa shape index (κ3) is 4.15. The van der Waals surface area contributed by atoms with Gasteiger partial charge in [0.05, 0.1) is 6.61 Å². The average Bonchev–Trinajstić information content (AvgIpc) is 2.77. The molecule has 1 aromatic heterocycles. The van der Waals surface area contributed by atoms with Crippen molar-refractivity contribution >= 4 is 24.2 Å². The van der Waals surface area contributed by atoms with Crippen LogP contribution in [-0.4, -0.2) is 56.2 Å². The summed E-state index contributed by atoms with van der Waals surface area (Å²) in [5, 5.41) is 20.4. The lowest BCUT2D eigenvalue weighted by Gasteiger charge is -2.30. The van der Waals surface area contributed by atoms with E-state index in [1.165, 1.54) is 19.2 Å². The Morgan fingerprint density at radius 2 is 2.15 bits per heavy atom. The molecule has 0 aliphatic carbocycles. The van der Waals surface area contributed by atoms with Crippen LogP contribution < -0.4 is 17.2 Å². The van der Waals surface area contributed by atoms with Crippen LogP contribution in [0, 0.1) is 5.92 Å². The molecule has 6 N–H and O–H groups in total. The molecule has 10 nitrogen and oxygen atoms in total. The Morgan fingerprint density at radius 1 is 1.54 bits per heavy atom. The molecule has 26 heavy (non-hydrogen) atoms. The molecule has 1 saturated heterocycles. The zero-order valence-electron chi connectivity index (χ0n) is 14.7. The number of nitrogens with two attached hydrogens (primary N) is 2. The highest BCUT2D eigenvalue weighted by Gasteiger charge is 2.56. The number of aliphatic hydroxyl groups is 2. The van der Waals surface area contributed by atoms with Crippen molar-refractivity contribution in [3.05, 3.63) is 22.7 Å². The van der Waals surface area contributed by atoms with E-state index < -0.39 is 48.3 Å². The molecular weight excluding hydrogens is 368 g/mol. The standard InChI is InChI=1S/C15H24N4O6.ClH/c1-7(2)10(17)12(21)25-11-8(6-20)24-13(15(11,3)23)19-5-4-9(16)18-14(19)22;/h4-5,7-8,10-11,13,20,23H,6,17H2,1-3H3,(H2,16,18,22);1H/t8-,10+,11+,13-,15?;/m1./s1. The minimum absolute atomic E-state index is 0. The lowest BCUT2D eigenvalue weighted by atomic mass is 9.95. The van der Waals surface area contributed by atoms with Gasteiger partial charge in [-0.05, 0) is 18.9 Å². The first-order chi connectivity index (χ1) is 11.6. The summed E-state index contributed by atoms with van der Waals surface area (Å²) in [4.78, 5) is 27.8. The fourth-order valence-electron chi connectivity index (χ4n) is 2.65. The molecule has 11 heteroatoms. The second kappa shape index (κ2) is 8.31. The van der Waals surface area contributed by atoms with Crippen molar-refractivity contribution in [3.63, 3.8) is 0 Å². The van der Waals surface area contributed by atoms with Crippen LogP contribution in [0.5, 0.6) is 0 Å². The number of aliphatic hydroxyl groups excluding tert-OH is 1. The molecule has 1 aliphatic heterocycles. The summed E-state index contributed by atoms with van der Waals surface area (Å²) in [6, 6.07) is 0.470. The number of esters is 1. The van der Waals surface area contributed by atoms with Crippen molar-refractivity contribution in [2.24, 2.45) is 11.7 Å². The number of anilines is 1. The number of carbonyl (C=O) groups excluding carboxylic acids is 1. The molecular formula is C15H25ClN4O6. The first-order valence-electron chi connectivity index (χ1n) is 7.89. The van der Waals surface area contributed by atoms with Crippen LogP contribution in [0.4, 0.5) is 5.82 Å². The fraction of sp³-hybridized carbons (Fsp3) is 0.667. The fourth-order valence-corrected chi connectivity index (χ4v) is 2.65. The number of rotatable bonds is 5. The first kappa shape index (κ1) is 22.3. The van der Waals surface area contributed by atoms with Gasteiger partial charge >= 0.3 is 11.7 Å². The van der Waals surface area contributed by atoms with Gasteiger partial charge in [0.1, 0.15) is 23.6 Å². The van der Waals surface area contributed by atoms with Gasteiger partial charge < -0.3 is 31.2 Å². The molecule has 1 aliphatic rings. The predicted molar refractivity (Wildman–Crippen MR) is 94.5 cm³/mol. The molecule has 5 atom stereocenters. The molecule has 2 heterocycles. The SMILES string of the molecule is CC(C)[C@H](N)C(=O)O[C@H]1[C@@H](CO)O[C@@H](n2ccc(N)nc2=O)C1(C)O.Cl. The van der Waals surface area contributed by atoms with Gasteiger partial charge in [0.2, 0.25) is 0 Å². The number of aromatic nitrogens is 2. The normalized spacial score (nSPS) is 29.3. The third-order valence-corrected chi connectivity index (χ3v) is 4.23. The average molecular weight is 393 g/mol. The molecule has 0 spiro atoms. The number of halogens is 1. The topological polar surface area (TPSA) is 163 Å². The van der Waals surface area contributed by atoms with Crippen molar-refractivity contribution in [1.82, 2.24) is 9.55 Å². The lowest BCUT2D eigenvalue weighted by molar-refractivity contribution is -0.166. The van der Waals surface area contributed by atoms with E-state index in [2.05, 4.69) is 4.98 Å². The molecule has 0 radical (unpaired) electrons. The zero-order chi connectivity index (χ0) is 18.9. The van der Waals surface area contributed by atoms with Crippen molar-refractivity contribution in [2.75, 3.05) is 12.3 Å². The second-order valence-corrected chi connectivity index (χ2v) is 6.60. The van der Waals surface area contributed by atoms with Gasteiger partial charge in [-0.1, -0.05) is 13.8 Å². The first-order valence-corrected chi connectivity index (χ1v) is 7.89. The summed E-state index contributed by atoms with van der Waals surface area (Å²) in [6.07, 6.45) is -2.17. The number of hydrogen-bond donors (Lipinski definition) is 4. The monoisotopic (exact) mass is 392 g/mol. The molecule has 0 saturated carbocycles. The van der Waals surface area contributed by atoms with Gasteiger partial charge in [0, 0.05) is 6.20 Å². The van der Waals surface area contributed by atoms with Gasteiger partial charge in [-0.25, -0.2) is 4.79 Å². The van der Waals surface area contributed by atoms with Gasteiger partial charge in [-0.3, -0.25) is 9.36 Å². The summed E-state index contributed by atoms with van der Waals surface area (Å²) in [7, 11) is 0. The smallest absolute Gasteiger partial charge is 0.351 e. The van der Waals surface area contributed by atoms with E-state index in [4.69, 9.17) is 20.9 Å². The van der Waals surface area contributed by atoms with Crippen molar-refractivity contribution < 1.29 is 24.5 Å². The van der Waals surface area contributed by atoms with E-state index in [1.54, 1.807) is 13.8 Å². The summed E-state index contributed by atoms with van der Waals surface area (Å²) >= 11 is 0. The van der Waals surface area contributed by atoms with Crippen LogP contribution in [-0.2, 0) is 14.3 Å².